The Balaban J connectivity index is 2.43. The van der Waals surface area contributed by atoms with Crippen LogP contribution in [0.25, 0.3) is 10.1 Å². The fourth-order valence-corrected chi connectivity index (χ4v) is 3.24. The number of rotatable bonds is 6. The average molecular weight is 267 g/mol. The van der Waals surface area contributed by atoms with Crippen molar-refractivity contribution in [2.45, 2.75) is 18.5 Å². The minimum atomic E-state index is -1.45. The van der Waals surface area contributed by atoms with Gasteiger partial charge in [0.2, 0.25) is 0 Å². The monoisotopic (exact) mass is 267 g/mol. The van der Waals surface area contributed by atoms with Gasteiger partial charge >= 0.3 is 0 Å². The highest BCUT2D eigenvalue weighted by Gasteiger charge is 2.33. The zero-order valence-electron chi connectivity index (χ0n) is 10.5. The summed E-state index contributed by atoms with van der Waals surface area (Å²) >= 11 is 1.57. The fraction of sp³-hybridized carbons (Fsp3) is 0.429. The Bertz CT molecular complexity index is 513. The summed E-state index contributed by atoms with van der Waals surface area (Å²) in [6, 6.07) is 7.77. The Morgan fingerprint density at radius 1 is 1.39 bits per heavy atom. The Morgan fingerprint density at radius 3 is 2.94 bits per heavy atom. The maximum absolute atomic E-state index is 15.1. The van der Waals surface area contributed by atoms with E-state index in [4.69, 9.17) is 10.5 Å². The van der Waals surface area contributed by atoms with Crippen molar-refractivity contribution in [2.24, 2.45) is 5.73 Å². The van der Waals surface area contributed by atoms with Crippen LogP contribution in [0, 0.1) is 0 Å². The SMILES string of the molecule is COCC(F)(CCCN)c1cccc2ccsc12. The van der Waals surface area contributed by atoms with Gasteiger partial charge in [0, 0.05) is 17.4 Å². The number of hydrogen-bond donors (Lipinski definition) is 1. The first kappa shape index (κ1) is 13.5. The summed E-state index contributed by atoms with van der Waals surface area (Å²) < 4.78 is 21.2. The molecule has 2 nitrogen and oxygen atoms in total. The van der Waals surface area contributed by atoms with Crippen molar-refractivity contribution in [1.29, 1.82) is 0 Å². The predicted octanol–water partition coefficient (Wildman–Crippen LogP) is 3.45. The third-order valence-corrected chi connectivity index (χ3v) is 4.08. The molecule has 0 aliphatic rings. The van der Waals surface area contributed by atoms with E-state index in [1.165, 1.54) is 7.11 Å². The van der Waals surface area contributed by atoms with Crippen molar-refractivity contribution < 1.29 is 9.13 Å². The van der Waals surface area contributed by atoms with Crippen LogP contribution in [-0.2, 0) is 10.4 Å². The summed E-state index contributed by atoms with van der Waals surface area (Å²) in [6.45, 7) is 0.569. The smallest absolute Gasteiger partial charge is 0.160 e. The molecule has 0 bridgehead atoms. The molecule has 2 rings (SSSR count). The number of methoxy groups -OCH3 is 1. The zero-order chi connectivity index (χ0) is 13.0. The van der Waals surface area contributed by atoms with Gasteiger partial charge in [-0.3, -0.25) is 0 Å². The van der Waals surface area contributed by atoms with Gasteiger partial charge < -0.3 is 10.5 Å². The number of thiophene rings is 1. The molecule has 0 fully saturated rings. The van der Waals surface area contributed by atoms with E-state index < -0.39 is 5.67 Å². The zero-order valence-corrected chi connectivity index (χ0v) is 11.3. The van der Waals surface area contributed by atoms with Crippen molar-refractivity contribution in [1.82, 2.24) is 0 Å². The van der Waals surface area contributed by atoms with Crippen LogP contribution < -0.4 is 5.73 Å². The minimum absolute atomic E-state index is 0.0734. The summed E-state index contributed by atoms with van der Waals surface area (Å²) in [5, 5.41) is 3.08. The van der Waals surface area contributed by atoms with Crippen molar-refractivity contribution in [3.05, 3.63) is 35.2 Å². The molecule has 2 aromatic rings. The molecule has 0 aliphatic heterocycles. The maximum Gasteiger partial charge on any atom is 0.160 e. The average Bonchev–Trinajstić information content (AvgIpc) is 2.84. The molecule has 2 N–H and O–H groups in total. The molecule has 18 heavy (non-hydrogen) atoms. The topological polar surface area (TPSA) is 35.2 Å². The largest absolute Gasteiger partial charge is 0.381 e. The lowest BCUT2D eigenvalue weighted by atomic mass is 9.91. The summed E-state index contributed by atoms with van der Waals surface area (Å²) in [4.78, 5) is 0. The van der Waals surface area contributed by atoms with Crippen LogP contribution >= 0.6 is 11.3 Å². The summed E-state index contributed by atoms with van der Waals surface area (Å²) in [5.41, 5.74) is 4.78. The molecule has 1 unspecified atom stereocenters. The lowest BCUT2D eigenvalue weighted by Crippen LogP contribution is -2.27. The van der Waals surface area contributed by atoms with Crippen LogP contribution in [0.2, 0.25) is 0 Å². The molecule has 1 heterocycles. The second-order valence-electron chi connectivity index (χ2n) is 4.44. The van der Waals surface area contributed by atoms with Gasteiger partial charge in [0.1, 0.15) is 0 Å². The van der Waals surface area contributed by atoms with Crippen LogP contribution in [0.3, 0.4) is 0 Å². The summed E-state index contributed by atoms with van der Waals surface area (Å²) in [5.74, 6) is 0. The minimum Gasteiger partial charge on any atom is -0.381 e. The Kier molecular flexibility index (Phi) is 4.32. The van der Waals surface area contributed by atoms with Gasteiger partial charge in [0.25, 0.3) is 0 Å². The Morgan fingerprint density at radius 2 is 2.22 bits per heavy atom. The molecule has 0 saturated carbocycles. The van der Waals surface area contributed by atoms with E-state index in [2.05, 4.69) is 0 Å². The number of benzene rings is 1. The quantitative estimate of drug-likeness (QED) is 0.870. The first-order valence-electron chi connectivity index (χ1n) is 6.06. The predicted molar refractivity (Wildman–Crippen MR) is 74.8 cm³/mol. The van der Waals surface area contributed by atoms with Crippen LogP contribution in [0.4, 0.5) is 4.39 Å². The molecule has 1 atom stereocenters. The van der Waals surface area contributed by atoms with Crippen molar-refractivity contribution in [3.8, 4) is 0 Å². The van der Waals surface area contributed by atoms with Crippen molar-refractivity contribution in [3.63, 3.8) is 0 Å². The van der Waals surface area contributed by atoms with Crippen LogP contribution in [0.15, 0.2) is 29.6 Å². The van der Waals surface area contributed by atoms with Crippen molar-refractivity contribution in [2.75, 3.05) is 20.3 Å². The van der Waals surface area contributed by atoms with E-state index in [0.717, 1.165) is 15.6 Å². The first-order chi connectivity index (χ1) is 8.71. The highest BCUT2D eigenvalue weighted by atomic mass is 32.1. The number of ether oxygens (including phenoxy) is 1. The molecule has 1 aromatic carbocycles. The molecule has 4 heteroatoms. The molecular formula is C14H18FNOS. The van der Waals surface area contributed by atoms with Gasteiger partial charge in [0.15, 0.2) is 5.67 Å². The lowest BCUT2D eigenvalue weighted by Gasteiger charge is -2.25. The van der Waals surface area contributed by atoms with E-state index in [9.17, 15) is 0 Å². The lowest BCUT2D eigenvalue weighted by molar-refractivity contribution is 0.0316. The third-order valence-electron chi connectivity index (χ3n) is 3.11. The highest BCUT2D eigenvalue weighted by Crippen LogP contribution is 2.38. The number of nitrogens with two attached hydrogens (primary N) is 1. The first-order valence-corrected chi connectivity index (χ1v) is 6.94. The molecule has 0 radical (unpaired) electrons. The molecule has 0 saturated heterocycles. The molecule has 0 spiro atoms. The number of alkyl halides is 1. The van der Waals surface area contributed by atoms with Gasteiger partial charge in [-0.1, -0.05) is 18.2 Å². The molecule has 98 valence electrons. The highest BCUT2D eigenvalue weighted by molar-refractivity contribution is 7.17. The van der Waals surface area contributed by atoms with E-state index in [1.54, 1.807) is 11.3 Å². The Hall–Kier alpha value is -0.970. The van der Waals surface area contributed by atoms with Gasteiger partial charge in [0.05, 0.1) is 6.61 Å². The van der Waals surface area contributed by atoms with Crippen molar-refractivity contribution >= 4 is 21.4 Å². The molecule has 0 amide bonds. The van der Waals surface area contributed by atoms with Gasteiger partial charge in [-0.25, -0.2) is 4.39 Å². The second-order valence-corrected chi connectivity index (χ2v) is 5.35. The van der Waals surface area contributed by atoms with E-state index in [-0.39, 0.29) is 6.61 Å². The number of fused-ring (bicyclic) bond motifs is 1. The van der Waals surface area contributed by atoms with E-state index in [0.29, 0.717) is 19.4 Å². The van der Waals surface area contributed by atoms with Crippen LogP contribution in [0.5, 0.6) is 0 Å². The summed E-state index contributed by atoms with van der Waals surface area (Å²) in [7, 11) is 1.53. The van der Waals surface area contributed by atoms with Gasteiger partial charge in [-0.2, -0.15) is 0 Å². The Labute approximate surface area is 111 Å². The van der Waals surface area contributed by atoms with Gasteiger partial charge in [-0.15, -0.1) is 11.3 Å². The van der Waals surface area contributed by atoms with E-state index in [1.807, 2.05) is 29.6 Å². The number of hydrogen-bond acceptors (Lipinski definition) is 3. The molecule has 1 aromatic heterocycles. The van der Waals surface area contributed by atoms with E-state index >= 15 is 4.39 Å². The van der Waals surface area contributed by atoms with Crippen LogP contribution in [0.1, 0.15) is 18.4 Å². The summed E-state index contributed by atoms with van der Waals surface area (Å²) in [6.07, 6.45) is 1.05. The third kappa shape index (κ3) is 2.55. The van der Waals surface area contributed by atoms with Crippen LogP contribution in [-0.4, -0.2) is 20.3 Å². The van der Waals surface area contributed by atoms with Gasteiger partial charge in [-0.05, 0) is 36.2 Å². The molecule has 0 aliphatic carbocycles. The molecular weight excluding hydrogens is 249 g/mol. The fourth-order valence-electron chi connectivity index (χ4n) is 2.24. The second kappa shape index (κ2) is 5.78. The number of halogens is 1. The maximum atomic E-state index is 15.1. The normalized spacial score (nSPS) is 14.8. The standard InChI is InChI=1S/C14H18FNOS/c1-17-10-14(15,7-3-8-16)12-5-2-4-11-6-9-18-13(11)12/h2,4-6,9H,3,7-8,10,16H2,1H3.